The minimum absolute atomic E-state index is 0.578. The number of halogens is 1. The zero-order valence-electron chi connectivity index (χ0n) is 10.6. The molecule has 1 aliphatic rings. The van der Waals surface area contributed by atoms with Gasteiger partial charge in [-0.25, -0.2) is 0 Å². The van der Waals surface area contributed by atoms with Gasteiger partial charge in [-0.15, -0.1) is 0 Å². The van der Waals surface area contributed by atoms with E-state index in [1.807, 2.05) is 18.2 Å². The molecular weight excluding hydrogens is 288 g/mol. The van der Waals surface area contributed by atoms with Gasteiger partial charge in [-0.1, -0.05) is 32.1 Å². The molecule has 0 spiro atoms. The summed E-state index contributed by atoms with van der Waals surface area (Å²) in [5, 5.41) is 12.5. The topological polar surface area (TPSA) is 35.8 Å². The Morgan fingerprint density at radius 3 is 2.39 bits per heavy atom. The lowest BCUT2D eigenvalue weighted by atomic mass is 9.96. The summed E-state index contributed by atoms with van der Waals surface area (Å²) in [7, 11) is 0. The molecule has 3 heteroatoms. The van der Waals surface area contributed by atoms with Crippen molar-refractivity contribution >= 4 is 21.6 Å². The maximum absolute atomic E-state index is 8.85. The Bertz CT molecular complexity index is 429. The number of hydrogen-bond donors (Lipinski definition) is 1. The second-order valence-electron chi connectivity index (χ2n) is 4.99. The molecule has 0 unspecified atom stereocenters. The Morgan fingerprint density at radius 2 is 1.78 bits per heavy atom. The van der Waals surface area contributed by atoms with E-state index >= 15 is 0 Å². The van der Waals surface area contributed by atoms with Crippen molar-refractivity contribution in [2.45, 2.75) is 51.0 Å². The van der Waals surface area contributed by atoms with Crippen molar-refractivity contribution in [2.24, 2.45) is 0 Å². The highest BCUT2D eigenvalue weighted by atomic mass is 79.9. The zero-order valence-corrected chi connectivity index (χ0v) is 12.2. The zero-order chi connectivity index (χ0) is 12.8. The highest BCUT2D eigenvalue weighted by molar-refractivity contribution is 9.10. The minimum atomic E-state index is 0.578. The number of nitrogens with one attached hydrogen (secondary N) is 1. The summed E-state index contributed by atoms with van der Waals surface area (Å²) in [6, 6.07) is 8.49. The van der Waals surface area contributed by atoms with Gasteiger partial charge in [0.25, 0.3) is 0 Å². The summed E-state index contributed by atoms with van der Waals surface area (Å²) in [6.07, 6.45) is 9.29. The molecule has 0 radical (unpaired) electrons. The van der Waals surface area contributed by atoms with Crippen LogP contribution in [0.1, 0.15) is 50.5 Å². The fourth-order valence-electron chi connectivity index (χ4n) is 2.52. The average Bonchev–Trinajstić information content (AvgIpc) is 2.34. The van der Waals surface area contributed by atoms with Gasteiger partial charge in [-0.3, -0.25) is 0 Å². The van der Waals surface area contributed by atoms with Gasteiger partial charge in [0.1, 0.15) is 0 Å². The fraction of sp³-hybridized carbons (Fsp3) is 0.533. The molecule has 0 saturated heterocycles. The van der Waals surface area contributed by atoms with E-state index in [0.717, 1.165) is 10.2 Å². The summed E-state index contributed by atoms with van der Waals surface area (Å²) in [6.45, 7) is 0. The summed E-state index contributed by atoms with van der Waals surface area (Å²) in [4.78, 5) is 0. The maximum atomic E-state index is 8.85. The molecule has 96 valence electrons. The molecule has 0 heterocycles. The first kappa shape index (κ1) is 13.4. The second kappa shape index (κ2) is 6.80. The monoisotopic (exact) mass is 306 g/mol. The SMILES string of the molecule is N#Cc1ccc(NC2CCCCCCC2)c(Br)c1. The molecule has 1 fully saturated rings. The Kier molecular flexibility index (Phi) is 5.07. The quantitative estimate of drug-likeness (QED) is 0.848. The molecule has 1 aliphatic carbocycles. The number of nitrogens with zero attached hydrogens (tertiary/aromatic N) is 1. The molecule has 0 aliphatic heterocycles. The third-order valence-corrected chi connectivity index (χ3v) is 4.22. The van der Waals surface area contributed by atoms with Crippen molar-refractivity contribution < 1.29 is 0 Å². The standard InChI is InChI=1S/C15H19BrN2/c16-14-10-12(11-17)8-9-15(14)18-13-6-4-2-1-3-5-7-13/h8-10,13,18H,1-7H2. The predicted molar refractivity (Wildman–Crippen MR) is 78.6 cm³/mol. The number of nitriles is 1. The van der Waals surface area contributed by atoms with Crippen LogP contribution in [0.5, 0.6) is 0 Å². The fourth-order valence-corrected chi connectivity index (χ4v) is 3.02. The van der Waals surface area contributed by atoms with Crippen LogP contribution in [0, 0.1) is 11.3 Å². The van der Waals surface area contributed by atoms with Crippen molar-refractivity contribution in [3.63, 3.8) is 0 Å². The summed E-state index contributed by atoms with van der Waals surface area (Å²) >= 11 is 3.54. The first-order chi connectivity index (χ1) is 8.79. The van der Waals surface area contributed by atoms with Crippen LogP contribution >= 0.6 is 15.9 Å². The Labute approximate surface area is 118 Å². The normalized spacial score (nSPS) is 17.6. The smallest absolute Gasteiger partial charge is 0.0992 e. The highest BCUT2D eigenvalue weighted by Gasteiger charge is 2.12. The molecule has 1 saturated carbocycles. The molecule has 1 N–H and O–H groups in total. The number of hydrogen-bond acceptors (Lipinski definition) is 2. The van der Waals surface area contributed by atoms with Crippen LogP contribution in [0.4, 0.5) is 5.69 Å². The number of rotatable bonds is 2. The van der Waals surface area contributed by atoms with Crippen LogP contribution < -0.4 is 5.32 Å². The molecule has 18 heavy (non-hydrogen) atoms. The van der Waals surface area contributed by atoms with E-state index in [4.69, 9.17) is 5.26 Å². The molecule has 2 nitrogen and oxygen atoms in total. The summed E-state index contributed by atoms with van der Waals surface area (Å²) < 4.78 is 0.989. The van der Waals surface area contributed by atoms with Gasteiger partial charge in [0.05, 0.1) is 11.6 Å². The van der Waals surface area contributed by atoms with Gasteiger partial charge < -0.3 is 5.32 Å². The van der Waals surface area contributed by atoms with Gasteiger partial charge in [0.15, 0.2) is 0 Å². The van der Waals surface area contributed by atoms with E-state index in [0.29, 0.717) is 11.6 Å². The molecule has 1 aromatic rings. The van der Waals surface area contributed by atoms with Gasteiger partial charge in [-0.2, -0.15) is 5.26 Å². The first-order valence-corrected chi connectivity index (χ1v) is 7.55. The van der Waals surface area contributed by atoms with Crippen LogP contribution in [0.15, 0.2) is 22.7 Å². The van der Waals surface area contributed by atoms with Gasteiger partial charge >= 0.3 is 0 Å². The van der Waals surface area contributed by atoms with E-state index in [1.165, 1.54) is 44.9 Å². The minimum Gasteiger partial charge on any atom is -0.381 e. The number of benzene rings is 1. The highest BCUT2D eigenvalue weighted by Crippen LogP contribution is 2.27. The third kappa shape index (κ3) is 3.74. The molecule has 0 aromatic heterocycles. The Morgan fingerprint density at radius 1 is 1.11 bits per heavy atom. The largest absolute Gasteiger partial charge is 0.381 e. The molecule has 0 amide bonds. The van der Waals surface area contributed by atoms with Crippen molar-refractivity contribution in [1.82, 2.24) is 0 Å². The lowest BCUT2D eigenvalue weighted by molar-refractivity contribution is 0.471. The predicted octanol–water partition coefficient (Wildman–Crippen LogP) is 4.85. The van der Waals surface area contributed by atoms with Crippen LogP contribution in [0.25, 0.3) is 0 Å². The van der Waals surface area contributed by atoms with E-state index in [-0.39, 0.29) is 0 Å². The van der Waals surface area contributed by atoms with Gasteiger partial charge in [0.2, 0.25) is 0 Å². The van der Waals surface area contributed by atoms with Crippen molar-refractivity contribution in [1.29, 1.82) is 5.26 Å². The van der Waals surface area contributed by atoms with E-state index in [2.05, 4.69) is 27.3 Å². The summed E-state index contributed by atoms with van der Waals surface area (Å²) in [5.41, 5.74) is 1.81. The van der Waals surface area contributed by atoms with Crippen LogP contribution in [0.2, 0.25) is 0 Å². The number of anilines is 1. The van der Waals surface area contributed by atoms with Gasteiger partial charge in [0, 0.05) is 16.2 Å². The molecule has 0 bridgehead atoms. The average molecular weight is 307 g/mol. The Balaban J connectivity index is 2.01. The lowest BCUT2D eigenvalue weighted by Gasteiger charge is -2.22. The van der Waals surface area contributed by atoms with Crippen molar-refractivity contribution in [3.05, 3.63) is 28.2 Å². The maximum Gasteiger partial charge on any atom is 0.0992 e. The van der Waals surface area contributed by atoms with Crippen molar-refractivity contribution in [3.8, 4) is 6.07 Å². The van der Waals surface area contributed by atoms with Crippen LogP contribution in [0.3, 0.4) is 0 Å². The van der Waals surface area contributed by atoms with E-state index < -0.39 is 0 Å². The Hall–Kier alpha value is -1.01. The van der Waals surface area contributed by atoms with Crippen LogP contribution in [-0.4, -0.2) is 6.04 Å². The van der Waals surface area contributed by atoms with E-state index in [1.54, 1.807) is 0 Å². The second-order valence-corrected chi connectivity index (χ2v) is 5.85. The van der Waals surface area contributed by atoms with Crippen LogP contribution in [-0.2, 0) is 0 Å². The molecule has 1 aromatic carbocycles. The molecule has 0 atom stereocenters. The van der Waals surface area contributed by atoms with E-state index in [9.17, 15) is 0 Å². The van der Waals surface area contributed by atoms with Crippen molar-refractivity contribution in [2.75, 3.05) is 5.32 Å². The first-order valence-electron chi connectivity index (χ1n) is 6.76. The van der Waals surface area contributed by atoms with Gasteiger partial charge in [-0.05, 0) is 47.0 Å². The third-order valence-electron chi connectivity index (χ3n) is 3.56. The molecule has 2 rings (SSSR count). The molecular formula is C15H19BrN2. The summed E-state index contributed by atoms with van der Waals surface area (Å²) in [5.74, 6) is 0. The lowest BCUT2D eigenvalue weighted by Crippen LogP contribution is -2.20.